The molecule has 0 aliphatic carbocycles. The highest BCUT2D eigenvalue weighted by molar-refractivity contribution is 5.28. The third-order valence-corrected chi connectivity index (χ3v) is 2.94. The summed E-state index contributed by atoms with van der Waals surface area (Å²) in [4.78, 5) is 0. The highest BCUT2D eigenvalue weighted by Gasteiger charge is 2.19. The maximum atomic E-state index is 9.40. The first-order valence-electron chi connectivity index (χ1n) is 7.10. The van der Waals surface area contributed by atoms with Crippen molar-refractivity contribution in [1.29, 1.82) is 0 Å². The minimum atomic E-state index is -0.494. The van der Waals surface area contributed by atoms with Crippen molar-refractivity contribution in [3.05, 3.63) is 29.8 Å². The van der Waals surface area contributed by atoms with Gasteiger partial charge in [0, 0.05) is 5.54 Å². The van der Waals surface area contributed by atoms with E-state index in [0.29, 0.717) is 0 Å². The van der Waals surface area contributed by atoms with Crippen molar-refractivity contribution in [2.24, 2.45) is 0 Å². The summed E-state index contributed by atoms with van der Waals surface area (Å²) < 4.78 is 5.64. The van der Waals surface area contributed by atoms with E-state index in [1.165, 1.54) is 5.56 Å². The monoisotopic (exact) mass is 265 g/mol. The second kappa shape index (κ2) is 7.51. The Morgan fingerprint density at radius 1 is 1.26 bits per heavy atom. The predicted molar refractivity (Wildman–Crippen MR) is 79.4 cm³/mol. The number of nitrogens with one attached hydrogen (secondary N) is 1. The molecule has 19 heavy (non-hydrogen) atoms. The van der Waals surface area contributed by atoms with Crippen LogP contribution >= 0.6 is 0 Å². The van der Waals surface area contributed by atoms with E-state index in [1.54, 1.807) is 6.92 Å². The van der Waals surface area contributed by atoms with Crippen LogP contribution < -0.4 is 10.1 Å². The number of ether oxygens (including phenoxy) is 1. The van der Waals surface area contributed by atoms with Crippen LogP contribution in [0.1, 0.15) is 46.1 Å². The molecule has 1 unspecified atom stereocenters. The van der Waals surface area contributed by atoms with E-state index in [4.69, 9.17) is 4.74 Å². The zero-order valence-corrected chi connectivity index (χ0v) is 12.6. The molecule has 0 aromatic heterocycles. The summed E-state index contributed by atoms with van der Waals surface area (Å²) in [6.45, 7) is 8.86. The second-order valence-corrected chi connectivity index (χ2v) is 5.73. The SMILES string of the molecule is CCCCOc1ccc(CC(C)(C)NC(C)O)cc1. The Hall–Kier alpha value is -1.06. The quantitative estimate of drug-likeness (QED) is 0.560. The largest absolute Gasteiger partial charge is 0.494 e. The fourth-order valence-electron chi connectivity index (χ4n) is 2.16. The molecule has 1 aromatic carbocycles. The molecule has 1 aromatic rings. The van der Waals surface area contributed by atoms with Gasteiger partial charge in [-0.1, -0.05) is 25.5 Å². The molecule has 0 heterocycles. The summed E-state index contributed by atoms with van der Waals surface area (Å²) in [5, 5.41) is 12.5. The summed E-state index contributed by atoms with van der Waals surface area (Å²) in [7, 11) is 0. The van der Waals surface area contributed by atoms with Crippen molar-refractivity contribution in [3.63, 3.8) is 0 Å². The Balaban J connectivity index is 2.51. The van der Waals surface area contributed by atoms with Gasteiger partial charge in [0.2, 0.25) is 0 Å². The van der Waals surface area contributed by atoms with Crippen LogP contribution in [0.2, 0.25) is 0 Å². The molecular weight excluding hydrogens is 238 g/mol. The van der Waals surface area contributed by atoms with E-state index in [1.807, 2.05) is 12.1 Å². The fourth-order valence-corrected chi connectivity index (χ4v) is 2.16. The second-order valence-electron chi connectivity index (χ2n) is 5.73. The molecule has 1 rings (SSSR count). The van der Waals surface area contributed by atoms with Gasteiger partial charge in [-0.15, -0.1) is 0 Å². The standard InChI is InChI=1S/C16H27NO2/c1-5-6-11-19-15-9-7-14(8-10-15)12-16(3,4)17-13(2)18/h7-10,13,17-18H,5-6,11-12H2,1-4H3. The summed E-state index contributed by atoms with van der Waals surface area (Å²) in [5.41, 5.74) is 1.11. The molecule has 0 aliphatic rings. The number of rotatable bonds is 8. The lowest BCUT2D eigenvalue weighted by Gasteiger charge is -2.28. The maximum Gasteiger partial charge on any atom is 0.119 e. The topological polar surface area (TPSA) is 41.5 Å². The van der Waals surface area contributed by atoms with Crippen molar-refractivity contribution in [2.45, 2.75) is 58.7 Å². The molecular formula is C16H27NO2. The van der Waals surface area contributed by atoms with Gasteiger partial charge < -0.3 is 9.84 Å². The number of benzene rings is 1. The van der Waals surface area contributed by atoms with Crippen molar-refractivity contribution in [2.75, 3.05) is 6.61 Å². The zero-order chi connectivity index (χ0) is 14.3. The molecule has 3 nitrogen and oxygen atoms in total. The Kier molecular flexibility index (Phi) is 6.32. The molecule has 0 aliphatic heterocycles. The van der Waals surface area contributed by atoms with Crippen LogP contribution in [0, 0.1) is 0 Å². The molecule has 0 saturated carbocycles. The first kappa shape index (κ1) is 16.0. The van der Waals surface area contributed by atoms with E-state index in [-0.39, 0.29) is 5.54 Å². The molecule has 0 amide bonds. The van der Waals surface area contributed by atoms with Gasteiger partial charge in [0.25, 0.3) is 0 Å². The Morgan fingerprint density at radius 3 is 2.42 bits per heavy atom. The van der Waals surface area contributed by atoms with Crippen LogP contribution in [0.25, 0.3) is 0 Å². The normalized spacial score (nSPS) is 13.3. The van der Waals surface area contributed by atoms with Crippen molar-refractivity contribution in [1.82, 2.24) is 5.32 Å². The van der Waals surface area contributed by atoms with Gasteiger partial charge in [-0.25, -0.2) is 0 Å². The third-order valence-electron chi connectivity index (χ3n) is 2.94. The average molecular weight is 265 g/mol. The van der Waals surface area contributed by atoms with Gasteiger partial charge in [-0.3, -0.25) is 5.32 Å². The molecule has 0 radical (unpaired) electrons. The zero-order valence-electron chi connectivity index (χ0n) is 12.6. The number of aliphatic hydroxyl groups is 1. The maximum absolute atomic E-state index is 9.40. The van der Waals surface area contributed by atoms with Crippen molar-refractivity contribution < 1.29 is 9.84 Å². The lowest BCUT2D eigenvalue weighted by molar-refractivity contribution is 0.118. The van der Waals surface area contributed by atoms with Gasteiger partial charge in [0.15, 0.2) is 0 Å². The molecule has 1 atom stereocenters. The summed E-state index contributed by atoms with van der Waals surface area (Å²) in [6, 6.07) is 8.21. The third kappa shape index (κ3) is 6.60. The Morgan fingerprint density at radius 2 is 1.89 bits per heavy atom. The van der Waals surface area contributed by atoms with Crippen LogP contribution in [-0.2, 0) is 6.42 Å². The smallest absolute Gasteiger partial charge is 0.119 e. The van der Waals surface area contributed by atoms with Crippen LogP contribution in [0.5, 0.6) is 5.75 Å². The number of aliphatic hydroxyl groups excluding tert-OH is 1. The molecule has 0 fully saturated rings. The minimum absolute atomic E-state index is 0.126. The molecule has 0 bridgehead atoms. The molecule has 0 saturated heterocycles. The van der Waals surface area contributed by atoms with Gasteiger partial charge in [0.05, 0.1) is 6.61 Å². The fraction of sp³-hybridized carbons (Fsp3) is 0.625. The van der Waals surface area contributed by atoms with Gasteiger partial charge in [0.1, 0.15) is 12.0 Å². The average Bonchev–Trinajstić information content (AvgIpc) is 2.29. The lowest BCUT2D eigenvalue weighted by atomic mass is 9.95. The highest BCUT2D eigenvalue weighted by atomic mass is 16.5. The molecule has 0 spiro atoms. The molecule has 2 N–H and O–H groups in total. The summed E-state index contributed by atoms with van der Waals surface area (Å²) in [6.07, 6.45) is 2.61. The van der Waals surface area contributed by atoms with Crippen LogP contribution in [0.15, 0.2) is 24.3 Å². The number of hydrogen-bond donors (Lipinski definition) is 2. The van der Waals surface area contributed by atoms with Crippen molar-refractivity contribution >= 4 is 0 Å². The first-order valence-corrected chi connectivity index (χ1v) is 7.10. The van der Waals surface area contributed by atoms with Crippen LogP contribution in [-0.4, -0.2) is 23.5 Å². The molecule has 3 heteroatoms. The van der Waals surface area contributed by atoms with E-state index < -0.39 is 6.23 Å². The van der Waals surface area contributed by atoms with Crippen molar-refractivity contribution in [3.8, 4) is 5.75 Å². The van der Waals surface area contributed by atoms with E-state index >= 15 is 0 Å². The Bertz CT molecular complexity index is 358. The summed E-state index contributed by atoms with van der Waals surface area (Å²) >= 11 is 0. The summed E-state index contributed by atoms with van der Waals surface area (Å²) in [5.74, 6) is 0.929. The van der Waals surface area contributed by atoms with E-state index in [9.17, 15) is 5.11 Å². The predicted octanol–water partition coefficient (Wildman–Crippen LogP) is 3.11. The Labute approximate surface area is 117 Å². The number of hydrogen-bond acceptors (Lipinski definition) is 3. The molecule has 108 valence electrons. The van der Waals surface area contributed by atoms with E-state index in [2.05, 4.69) is 38.2 Å². The lowest BCUT2D eigenvalue weighted by Crippen LogP contribution is -2.46. The van der Waals surface area contributed by atoms with Gasteiger partial charge in [-0.2, -0.15) is 0 Å². The number of unbranched alkanes of at least 4 members (excludes halogenated alkanes) is 1. The van der Waals surface area contributed by atoms with Gasteiger partial charge in [-0.05, 0) is 51.3 Å². The van der Waals surface area contributed by atoms with E-state index in [0.717, 1.165) is 31.6 Å². The van der Waals surface area contributed by atoms with Crippen LogP contribution in [0.4, 0.5) is 0 Å². The first-order chi connectivity index (χ1) is 8.93. The highest BCUT2D eigenvalue weighted by Crippen LogP contribution is 2.17. The minimum Gasteiger partial charge on any atom is -0.494 e. The van der Waals surface area contributed by atoms with Crippen LogP contribution in [0.3, 0.4) is 0 Å². The van der Waals surface area contributed by atoms with Gasteiger partial charge >= 0.3 is 0 Å².